The fourth-order valence-corrected chi connectivity index (χ4v) is 4.06. The maximum absolute atomic E-state index is 5.73. The van der Waals surface area contributed by atoms with Gasteiger partial charge in [-0.25, -0.2) is 0 Å². The highest BCUT2D eigenvalue weighted by molar-refractivity contribution is 5.71. The second kappa shape index (κ2) is 8.87. The number of nitrogens with zero attached hydrogens (tertiary/aromatic N) is 1. The summed E-state index contributed by atoms with van der Waals surface area (Å²) in [7, 11) is 0. The standard InChI is InChI=1S/C23H30N2O2/c1-18-5-2-3-8-23(18)19-6-4-7-21(15-19)25-11-9-20(10-12-25)24-16-22-17-26-13-14-27-22/h2-8,15,20,22,24H,9-14,16-17H2,1H3. The molecular formula is C23H30N2O2. The Bertz CT molecular complexity index is 735. The van der Waals surface area contributed by atoms with Crippen LogP contribution in [0.2, 0.25) is 0 Å². The van der Waals surface area contributed by atoms with Crippen molar-refractivity contribution in [2.75, 3.05) is 44.4 Å². The van der Waals surface area contributed by atoms with Gasteiger partial charge >= 0.3 is 0 Å². The quantitative estimate of drug-likeness (QED) is 0.876. The Kier molecular flexibility index (Phi) is 6.07. The zero-order valence-electron chi connectivity index (χ0n) is 16.2. The summed E-state index contributed by atoms with van der Waals surface area (Å²) in [6, 6.07) is 18.2. The summed E-state index contributed by atoms with van der Waals surface area (Å²) >= 11 is 0. The normalized spacial score (nSPS) is 21.4. The first-order valence-electron chi connectivity index (χ1n) is 10.1. The lowest BCUT2D eigenvalue weighted by Gasteiger charge is -2.35. The molecule has 0 amide bonds. The van der Waals surface area contributed by atoms with E-state index in [4.69, 9.17) is 9.47 Å². The van der Waals surface area contributed by atoms with Gasteiger partial charge in [0.2, 0.25) is 0 Å². The predicted octanol–water partition coefficient (Wildman–Crippen LogP) is 3.64. The number of hydrogen-bond donors (Lipinski definition) is 1. The van der Waals surface area contributed by atoms with Crippen molar-refractivity contribution in [1.29, 1.82) is 0 Å². The number of piperidine rings is 1. The number of rotatable bonds is 5. The lowest BCUT2D eigenvalue weighted by molar-refractivity contribution is -0.0872. The van der Waals surface area contributed by atoms with Crippen molar-refractivity contribution in [2.45, 2.75) is 31.9 Å². The largest absolute Gasteiger partial charge is 0.376 e. The maximum Gasteiger partial charge on any atom is 0.0933 e. The topological polar surface area (TPSA) is 33.7 Å². The van der Waals surface area contributed by atoms with Crippen LogP contribution in [-0.2, 0) is 9.47 Å². The van der Waals surface area contributed by atoms with Crippen molar-refractivity contribution < 1.29 is 9.47 Å². The van der Waals surface area contributed by atoms with Gasteiger partial charge in [-0.3, -0.25) is 0 Å². The van der Waals surface area contributed by atoms with Gasteiger partial charge in [-0.15, -0.1) is 0 Å². The summed E-state index contributed by atoms with van der Waals surface area (Å²) in [5, 5.41) is 3.68. The molecule has 2 saturated heterocycles. The van der Waals surface area contributed by atoms with Crippen molar-refractivity contribution in [3.05, 3.63) is 54.1 Å². The molecule has 27 heavy (non-hydrogen) atoms. The maximum atomic E-state index is 5.73. The van der Waals surface area contributed by atoms with E-state index in [0.717, 1.165) is 39.5 Å². The summed E-state index contributed by atoms with van der Waals surface area (Å²) in [5.74, 6) is 0. The Morgan fingerprint density at radius 3 is 2.67 bits per heavy atom. The Hall–Kier alpha value is -1.88. The van der Waals surface area contributed by atoms with E-state index in [1.807, 2.05) is 0 Å². The molecule has 2 heterocycles. The lowest BCUT2D eigenvalue weighted by atomic mass is 9.99. The van der Waals surface area contributed by atoms with Crippen LogP contribution in [0.4, 0.5) is 5.69 Å². The Balaban J connectivity index is 1.33. The van der Waals surface area contributed by atoms with Crippen LogP contribution in [0.3, 0.4) is 0 Å². The molecule has 144 valence electrons. The molecule has 4 heteroatoms. The van der Waals surface area contributed by atoms with E-state index in [1.54, 1.807) is 0 Å². The van der Waals surface area contributed by atoms with Gasteiger partial charge in [0.05, 0.1) is 25.9 Å². The minimum absolute atomic E-state index is 0.211. The SMILES string of the molecule is Cc1ccccc1-c1cccc(N2CCC(NCC3COCCO3)CC2)c1. The molecule has 1 unspecified atom stereocenters. The van der Waals surface area contributed by atoms with E-state index >= 15 is 0 Å². The summed E-state index contributed by atoms with van der Waals surface area (Å²) < 4.78 is 11.2. The zero-order chi connectivity index (χ0) is 18.5. The molecule has 0 radical (unpaired) electrons. The van der Waals surface area contributed by atoms with E-state index in [1.165, 1.54) is 35.2 Å². The van der Waals surface area contributed by atoms with E-state index in [2.05, 4.69) is 65.7 Å². The number of anilines is 1. The first kappa shape index (κ1) is 18.5. The van der Waals surface area contributed by atoms with Gasteiger partial charge < -0.3 is 19.7 Å². The van der Waals surface area contributed by atoms with Crippen LogP contribution in [0.5, 0.6) is 0 Å². The molecule has 2 aliphatic heterocycles. The molecule has 1 atom stereocenters. The van der Waals surface area contributed by atoms with E-state index in [0.29, 0.717) is 6.04 Å². The first-order chi connectivity index (χ1) is 13.3. The second-order valence-electron chi connectivity index (χ2n) is 7.60. The first-order valence-corrected chi connectivity index (χ1v) is 10.1. The summed E-state index contributed by atoms with van der Waals surface area (Å²) in [6.45, 7) is 7.44. The van der Waals surface area contributed by atoms with Crippen LogP contribution < -0.4 is 10.2 Å². The zero-order valence-corrected chi connectivity index (χ0v) is 16.2. The molecule has 0 saturated carbocycles. The highest BCUT2D eigenvalue weighted by atomic mass is 16.6. The minimum Gasteiger partial charge on any atom is -0.376 e. The predicted molar refractivity (Wildman–Crippen MR) is 110 cm³/mol. The molecule has 2 aromatic carbocycles. The van der Waals surface area contributed by atoms with E-state index in [9.17, 15) is 0 Å². The molecule has 1 N–H and O–H groups in total. The van der Waals surface area contributed by atoms with Gasteiger partial charge in [0.15, 0.2) is 0 Å². The van der Waals surface area contributed by atoms with Crippen molar-refractivity contribution in [1.82, 2.24) is 5.32 Å². The van der Waals surface area contributed by atoms with Crippen LogP contribution in [-0.4, -0.2) is 51.6 Å². The van der Waals surface area contributed by atoms with Crippen LogP contribution in [0.15, 0.2) is 48.5 Å². The lowest BCUT2D eigenvalue weighted by Crippen LogP contribution is -2.46. The van der Waals surface area contributed by atoms with E-state index in [-0.39, 0.29) is 6.10 Å². The number of ether oxygens (including phenoxy) is 2. The molecule has 4 nitrogen and oxygen atoms in total. The number of benzene rings is 2. The number of aryl methyl sites for hydroxylation is 1. The van der Waals surface area contributed by atoms with Gasteiger partial charge in [0, 0.05) is 31.4 Å². The molecule has 4 rings (SSSR count). The highest BCUT2D eigenvalue weighted by Gasteiger charge is 2.21. The summed E-state index contributed by atoms with van der Waals surface area (Å²) in [4.78, 5) is 2.51. The third-order valence-electron chi connectivity index (χ3n) is 5.68. The third kappa shape index (κ3) is 4.70. The van der Waals surface area contributed by atoms with Gasteiger partial charge in [0.25, 0.3) is 0 Å². The number of hydrogen-bond acceptors (Lipinski definition) is 4. The van der Waals surface area contributed by atoms with Crippen molar-refractivity contribution in [2.24, 2.45) is 0 Å². The van der Waals surface area contributed by atoms with Gasteiger partial charge in [-0.1, -0.05) is 36.4 Å². The molecule has 2 aliphatic rings. The Labute approximate surface area is 162 Å². The molecule has 2 aromatic rings. The Morgan fingerprint density at radius 1 is 1.04 bits per heavy atom. The van der Waals surface area contributed by atoms with Crippen LogP contribution in [0.1, 0.15) is 18.4 Å². The molecule has 0 spiro atoms. The summed E-state index contributed by atoms with van der Waals surface area (Å²) in [5.41, 5.74) is 5.29. The fourth-order valence-electron chi connectivity index (χ4n) is 4.06. The molecular weight excluding hydrogens is 336 g/mol. The average Bonchev–Trinajstić information content (AvgIpc) is 2.74. The number of nitrogens with one attached hydrogen (secondary N) is 1. The van der Waals surface area contributed by atoms with Crippen molar-refractivity contribution in [3.8, 4) is 11.1 Å². The fraction of sp³-hybridized carbons (Fsp3) is 0.478. The molecule has 2 fully saturated rings. The van der Waals surface area contributed by atoms with Crippen LogP contribution >= 0.6 is 0 Å². The van der Waals surface area contributed by atoms with Gasteiger partial charge in [-0.2, -0.15) is 0 Å². The van der Waals surface area contributed by atoms with Crippen LogP contribution in [0, 0.1) is 6.92 Å². The van der Waals surface area contributed by atoms with Crippen LogP contribution in [0.25, 0.3) is 11.1 Å². The molecule has 0 aromatic heterocycles. The van der Waals surface area contributed by atoms with Gasteiger partial charge in [-0.05, 0) is 48.6 Å². The van der Waals surface area contributed by atoms with Crippen molar-refractivity contribution in [3.63, 3.8) is 0 Å². The minimum atomic E-state index is 0.211. The third-order valence-corrected chi connectivity index (χ3v) is 5.68. The van der Waals surface area contributed by atoms with Gasteiger partial charge in [0.1, 0.15) is 0 Å². The van der Waals surface area contributed by atoms with Crippen molar-refractivity contribution >= 4 is 5.69 Å². The average molecular weight is 367 g/mol. The van der Waals surface area contributed by atoms with E-state index < -0.39 is 0 Å². The second-order valence-corrected chi connectivity index (χ2v) is 7.60. The monoisotopic (exact) mass is 366 g/mol. The Morgan fingerprint density at radius 2 is 1.89 bits per heavy atom. The summed E-state index contributed by atoms with van der Waals surface area (Å²) in [6.07, 6.45) is 2.55. The smallest absolute Gasteiger partial charge is 0.0933 e. The molecule has 0 bridgehead atoms. The molecule has 0 aliphatic carbocycles. The highest BCUT2D eigenvalue weighted by Crippen LogP contribution is 2.28.